The molecule has 2 atom stereocenters. The van der Waals surface area contributed by atoms with Crippen LogP contribution in [0.25, 0.3) is 0 Å². The van der Waals surface area contributed by atoms with Gasteiger partial charge in [-0.25, -0.2) is 10.2 Å². The first-order chi connectivity index (χ1) is 12.8. The molecule has 0 aromatic heterocycles. The van der Waals surface area contributed by atoms with Gasteiger partial charge < -0.3 is 9.64 Å². The summed E-state index contributed by atoms with van der Waals surface area (Å²) in [6, 6.07) is 4.92. The van der Waals surface area contributed by atoms with E-state index in [9.17, 15) is 18.0 Å². The van der Waals surface area contributed by atoms with Crippen LogP contribution in [0.1, 0.15) is 18.4 Å². The van der Waals surface area contributed by atoms with Crippen molar-refractivity contribution < 1.29 is 31.6 Å². The summed E-state index contributed by atoms with van der Waals surface area (Å²) < 4.78 is 40.0. The molecule has 1 aromatic carbocycles. The van der Waals surface area contributed by atoms with Crippen molar-refractivity contribution >= 4 is 28.6 Å². The van der Waals surface area contributed by atoms with Gasteiger partial charge in [0, 0.05) is 12.1 Å². The van der Waals surface area contributed by atoms with Crippen molar-refractivity contribution in [3.8, 4) is 5.75 Å². The van der Waals surface area contributed by atoms with Gasteiger partial charge in [-0.05, 0) is 25.0 Å². The van der Waals surface area contributed by atoms with Crippen molar-refractivity contribution in [3.05, 3.63) is 29.8 Å². The summed E-state index contributed by atoms with van der Waals surface area (Å²) in [6.07, 6.45) is 2.06. The highest BCUT2D eigenvalue weighted by Crippen LogP contribution is 2.30. The molecular formula is C15H18N4O7S. The Morgan fingerprint density at radius 2 is 2.11 bits per heavy atom. The molecule has 11 nitrogen and oxygen atoms in total. The molecule has 2 aliphatic heterocycles. The molecule has 146 valence electrons. The van der Waals surface area contributed by atoms with Crippen LogP contribution in [-0.2, 0) is 19.5 Å². The Labute approximate surface area is 155 Å². The van der Waals surface area contributed by atoms with Crippen LogP contribution >= 0.6 is 0 Å². The van der Waals surface area contributed by atoms with Crippen LogP contribution in [0, 0.1) is 0 Å². The third-order valence-electron chi connectivity index (χ3n) is 4.32. The summed E-state index contributed by atoms with van der Waals surface area (Å²) in [5.74, 6) is 0.0744. The minimum Gasteiger partial charge on any atom is -0.496 e. The van der Waals surface area contributed by atoms with Gasteiger partial charge in [0.1, 0.15) is 11.8 Å². The fraction of sp³-hybridized carbons (Fsp3) is 0.400. The number of amides is 3. The first-order valence-corrected chi connectivity index (χ1v) is 9.39. The molecule has 2 fully saturated rings. The maximum Gasteiger partial charge on any atom is 0.418 e. The van der Waals surface area contributed by atoms with Crippen LogP contribution in [0.4, 0.5) is 4.79 Å². The van der Waals surface area contributed by atoms with Gasteiger partial charge in [-0.1, -0.05) is 12.1 Å². The van der Waals surface area contributed by atoms with E-state index in [1.165, 1.54) is 18.2 Å². The Hall–Kier alpha value is -2.70. The smallest absolute Gasteiger partial charge is 0.418 e. The van der Waals surface area contributed by atoms with E-state index < -0.39 is 34.4 Å². The molecule has 2 N–H and O–H groups in total. The molecule has 12 heteroatoms. The number of carbonyl (C=O) groups is 2. The van der Waals surface area contributed by atoms with Gasteiger partial charge in [0.25, 0.3) is 5.91 Å². The highest BCUT2D eigenvalue weighted by atomic mass is 32.3. The average Bonchev–Trinajstić information content (AvgIpc) is 2.85. The number of nitrogens with one attached hydrogen (secondary N) is 1. The highest BCUT2D eigenvalue weighted by molar-refractivity contribution is 7.80. The zero-order valence-electron chi connectivity index (χ0n) is 14.3. The summed E-state index contributed by atoms with van der Waals surface area (Å²) >= 11 is 0. The second-order valence-corrected chi connectivity index (χ2v) is 6.99. The molecule has 1 aromatic rings. The third-order valence-corrected chi connectivity index (χ3v) is 4.67. The van der Waals surface area contributed by atoms with Crippen molar-refractivity contribution in [1.29, 1.82) is 0 Å². The van der Waals surface area contributed by atoms with Crippen molar-refractivity contribution in [3.63, 3.8) is 0 Å². The summed E-state index contributed by atoms with van der Waals surface area (Å²) in [4.78, 5) is 25.9. The Kier molecular flexibility index (Phi) is 5.30. The van der Waals surface area contributed by atoms with Crippen LogP contribution in [-0.4, -0.2) is 66.8 Å². The molecule has 3 amide bonds. The zero-order chi connectivity index (χ0) is 19.6. The molecule has 2 bridgehead atoms. The van der Waals surface area contributed by atoms with E-state index >= 15 is 0 Å². The molecule has 0 spiro atoms. The maximum absolute atomic E-state index is 12.4. The van der Waals surface area contributed by atoms with Crippen LogP contribution in [0.2, 0.25) is 0 Å². The Morgan fingerprint density at radius 1 is 1.37 bits per heavy atom. The van der Waals surface area contributed by atoms with E-state index in [4.69, 9.17) is 9.29 Å². The number of urea groups is 1. The van der Waals surface area contributed by atoms with Gasteiger partial charge in [-0.3, -0.25) is 9.35 Å². The summed E-state index contributed by atoms with van der Waals surface area (Å²) in [5.41, 5.74) is 3.03. The van der Waals surface area contributed by atoms with Gasteiger partial charge >= 0.3 is 16.4 Å². The molecule has 0 aliphatic carbocycles. The standard InChI is InChI=1S/C15H18N4O7S/c1-25-13-5-3-2-4-10(13)8-16-17-14(20)12-7-6-11-9-18(12)15(21)19(11)26-27(22,23)24/h2-5,8,11-12H,6-7,9H2,1H3,(H,17,20)(H,22,23,24)/b16-8+/t11?,12-/m0/s1. The monoisotopic (exact) mass is 398 g/mol. The number of para-hydroxylation sites is 1. The molecule has 0 saturated carbocycles. The predicted octanol–water partition coefficient (Wildman–Crippen LogP) is 0.148. The lowest BCUT2D eigenvalue weighted by Gasteiger charge is -2.28. The van der Waals surface area contributed by atoms with Crippen molar-refractivity contribution in [1.82, 2.24) is 15.4 Å². The lowest BCUT2D eigenvalue weighted by Crippen LogP contribution is -2.48. The topological polar surface area (TPSA) is 138 Å². The Bertz CT molecular complexity index is 873. The van der Waals surface area contributed by atoms with E-state index in [0.717, 1.165) is 0 Å². The molecule has 2 saturated heterocycles. The molecule has 2 aliphatic rings. The third kappa shape index (κ3) is 4.18. The SMILES string of the molecule is COc1ccccc1/C=N/NC(=O)[C@@H]1CCC2CN1C(=O)N2OS(=O)(=O)O. The van der Waals surface area contributed by atoms with E-state index in [1.54, 1.807) is 24.3 Å². The minimum absolute atomic E-state index is 0.114. The second kappa shape index (κ2) is 7.50. The lowest BCUT2D eigenvalue weighted by atomic mass is 10.0. The summed E-state index contributed by atoms with van der Waals surface area (Å²) in [5, 5.41) is 4.47. The number of benzene rings is 1. The maximum atomic E-state index is 12.4. The number of hydrazone groups is 1. The highest BCUT2D eigenvalue weighted by Gasteiger charge is 2.49. The molecule has 2 heterocycles. The Morgan fingerprint density at radius 3 is 2.81 bits per heavy atom. The molecular weight excluding hydrogens is 380 g/mol. The van der Waals surface area contributed by atoms with Gasteiger partial charge in [-0.2, -0.15) is 18.6 Å². The number of methoxy groups -OCH3 is 1. The largest absolute Gasteiger partial charge is 0.496 e. The number of hydrogen-bond acceptors (Lipinski definition) is 7. The molecule has 27 heavy (non-hydrogen) atoms. The number of rotatable bonds is 6. The van der Waals surface area contributed by atoms with E-state index in [0.29, 0.717) is 29.2 Å². The van der Waals surface area contributed by atoms with E-state index in [-0.39, 0.29) is 6.54 Å². The van der Waals surface area contributed by atoms with Gasteiger partial charge in [0.05, 0.1) is 19.4 Å². The van der Waals surface area contributed by atoms with Gasteiger partial charge in [0.15, 0.2) is 0 Å². The number of piperidine rings is 1. The minimum atomic E-state index is -4.83. The number of fused-ring (bicyclic) bond motifs is 2. The average molecular weight is 398 g/mol. The quantitative estimate of drug-likeness (QED) is 0.395. The van der Waals surface area contributed by atoms with Crippen LogP contribution < -0.4 is 10.2 Å². The fourth-order valence-corrected chi connectivity index (χ4v) is 3.51. The zero-order valence-corrected chi connectivity index (χ0v) is 15.1. The molecule has 0 radical (unpaired) electrons. The van der Waals surface area contributed by atoms with E-state index in [2.05, 4.69) is 14.8 Å². The van der Waals surface area contributed by atoms with Crippen molar-refractivity contribution in [2.45, 2.75) is 24.9 Å². The van der Waals surface area contributed by atoms with Gasteiger partial charge in [0.2, 0.25) is 0 Å². The predicted molar refractivity (Wildman–Crippen MR) is 92.1 cm³/mol. The summed E-state index contributed by atoms with van der Waals surface area (Å²) in [7, 11) is -3.31. The first-order valence-electron chi connectivity index (χ1n) is 8.03. The fourth-order valence-electron chi connectivity index (χ4n) is 3.12. The number of carbonyl (C=O) groups excluding carboxylic acids is 2. The Balaban J connectivity index is 1.65. The number of hydrogen-bond donors (Lipinski definition) is 2. The second-order valence-electron chi connectivity index (χ2n) is 5.99. The number of ether oxygens (including phenoxy) is 1. The van der Waals surface area contributed by atoms with Crippen LogP contribution in [0.3, 0.4) is 0 Å². The van der Waals surface area contributed by atoms with Gasteiger partial charge in [-0.15, -0.1) is 4.28 Å². The van der Waals surface area contributed by atoms with Crippen molar-refractivity contribution in [2.24, 2.45) is 5.10 Å². The van der Waals surface area contributed by atoms with E-state index in [1.807, 2.05) is 0 Å². The van der Waals surface area contributed by atoms with Crippen LogP contribution in [0.15, 0.2) is 29.4 Å². The molecule has 1 unspecified atom stereocenters. The lowest BCUT2D eigenvalue weighted by molar-refractivity contribution is -0.126. The first kappa shape index (κ1) is 19.1. The summed E-state index contributed by atoms with van der Waals surface area (Å²) in [6.45, 7) is 0.114. The number of hydroxylamine groups is 2. The van der Waals surface area contributed by atoms with Crippen LogP contribution in [0.5, 0.6) is 5.75 Å². The number of nitrogens with zero attached hydrogens (tertiary/aromatic N) is 3. The van der Waals surface area contributed by atoms with Crippen molar-refractivity contribution in [2.75, 3.05) is 13.7 Å². The molecule has 3 rings (SSSR count). The normalized spacial score (nSPS) is 22.4.